The highest BCUT2D eigenvalue weighted by Crippen LogP contribution is 2.26. The molecule has 122 valence electrons. The van der Waals surface area contributed by atoms with E-state index in [0.29, 0.717) is 43.7 Å². The van der Waals surface area contributed by atoms with Crippen molar-refractivity contribution in [2.24, 2.45) is 0 Å². The first-order valence-corrected chi connectivity index (χ1v) is 8.05. The van der Waals surface area contributed by atoms with Crippen LogP contribution in [0.2, 0.25) is 0 Å². The van der Waals surface area contributed by atoms with E-state index in [1.165, 1.54) is 0 Å². The first-order valence-electron chi connectivity index (χ1n) is 8.05. The third-order valence-corrected chi connectivity index (χ3v) is 4.23. The number of hydrogen-bond acceptors (Lipinski definition) is 5. The molecule has 1 saturated heterocycles. The molecular formula is C15H24N4O3. The summed E-state index contributed by atoms with van der Waals surface area (Å²) in [4.78, 5) is 18.2. The number of rotatable bonds is 4. The highest BCUT2D eigenvalue weighted by molar-refractivity contribution is 5.75. The van der Waals surface area contributed by atoms with Crippen molar-refractivity contribution in [3.8, 4) is 0 Å². The van der Waals surface area contributed by atoms with Crippen molar-refractivity contribution < 1.29 is 14.4 Å². The van der Waals surface area contributed by atoms with Gasteiger partial charge in [0, 0.05) is 18.5 Å². The van der Waals surface area contributed by atoms with Crippen molar-refractivity contribution >= 4 is 6.03 Å². The quantitative estimate of drug-likeness (QED) is 0.878. The predicted octanol–water partition coefficient (Wildman–Crippen LogP) is 1.43. The average Bonchev–Trinajstić information content (AvgIpc) is 3.14. The molecular weight excluding hydrogens is 284 g/mol. The van der Waals surface area contributed by atoms with Crippen LogP contribution in [-0.2, 0) is 6.42 Å². The second-order valence-corrected chi connectivity index (χ2v) is 6.85. The van der Waals surface area contributed by atoms with E-state index in [0.717, 1.165) is 19.3 Å². The van der Waals surface area contributed by atoms with Crippen LogP contribution < -0.4 is 5.32 Å². The smallest absolute Gasteiger partial charge is 0.317 e. The summed E-state index contributed by atoms with van der Waals surface area (Å²) in [6.07, 6.45) is 3.83. The highest BCUT2D eigenvalue weighted by atomic mass is 16.5. The van der Waals surface area contributed by atoms with Crippen molar-refractivity contribution in [1.29, 1.82) is 0 Å². The van der Waals surface area contributed by atoms with Gasteiger partial charge in [0.05, 0.1) is 18.6 Å². The molecule has 1 aromatic rings. The number of nitrogens with one attached hydrogen (secondary N) is 1. The SMILES string of the molecule is CC(C)c1noc(CC2(O)CCCN(C(=O)NC3CC3)C2)n1. The standard InChI is InChI=1S/C15H24N4O3/c1-10(2)13-17-12(22-18-13)8-15(21)6-3-7-19(9-15)14(20)16-11-4-5-11/h10-11,21H,3-9H2,1-2H3,(H,16,20). The summed E-state index contributed by atoms with van der Waals surface area (Å²) in [5.74, 6) is 1.28. The van der Waals surface area contributed by atoms with E-state index in [9.17, 15) is 9.90 Å². The molecule has 1 unspecified atom stereocenters. The average molecular weight is 308 g/mol. The zero-order valence-corrected chi connectivity index (χ0v) is 13.2. The van der Waals surface area contributed by atoms with Gasteiger partial charge in [0.15, 0.2) is 5.82 Å². The lowest BCUT2D eigenvalue weighted by molar-refractivity contribution is -0.0230. The van der Waals surface area contributed by atoms with Gasteiger partial charge >= 0.3 is 6.03 Å². The molecule has 0 spiro atoms. The predicted molar refractivity (Wildman–Crippen MR) is 79.4 cm³/mol. The van der Waals surface area contributed by atoms with Crippen molar-refractivity contribution in [2.45, 2.75) is 63.5 Å². The maximum atomic E-state index is 12.1. The van der Waals surface area contributed by atoms with E-state index in [2.05, 4.69) is 15.5 Å². The Hall–Kier alpha value is -1.63. The van der Waals surface area contributed by atoms with Crippen molar-refractivity contribution in [1.82, 2.24) is 20.4 Å². The molecule has 1 atom stereocenters. The van der Waals surface area contributed by atoms with Crippen molar-refractivity contribution in [3.63, 3.8) is 0 Å². The Balaban J connectivity index is 1.61. The number of carbonyl (C=O) groups is 1. The fraction of sp³-hybridized carbons (Fsp3) is 0.800. The number of urea groups is 1. The van der Waals surface area contributed by atoms with Crippen LogP contribution >= 0.6 is 0 Å². The van der Waals surface area contributed by atoms with E-state index < -0.39 is 5.60 Å². The summed E-state index contributed by atoms with van der Waals surface area (Å²) >= 11 is 0. The van der Waals surface area contributed by atoms with Crippen LogP contribution in [0.3, 0.4) is 0 Å². The Morgan fingerprint density at radius 3 is 2.95 bits per heavy atom. The van der Waals surface area contributed by atoms with Gasteiger partial charge in [-0.3, -0.25) is 0 Å². The Morgan fingerprint density at radius 1 is 1.55 bits per heavy atom. The number of aliphatic hydroxyl groups is 1. The molecule has 22 heavy (non-hydrogen) atoms. The molecule has 2 N–H and O–H groups in total. The minimum atomic E-state index is -0.986. The third kappa shape index (κ3) is 3.58. The number of aromatic nitrogens is 2. The van der Waals surface area contributed by atoms with Crippen molar-refractivity contribution in [2.75, 3.05) is 13.1 Å². The van der Waals surface area contributed by atoms with E-state index in [-0.39, 0.29) is 11.9 Å². The van der Waals surface area contributed by atoms with Gasteiger partial charge in [0.25, 0.3) is 0 Å². The Bertz CT molecular complexity index is 541. The number of β-amino-alcohol motifs (C(OH)–C–C–N with tert-alkyl or cyclic N) is 1. The molecule has 1 aromatic heterocycles. The lowest BCUT2D eigenvalue weighted by atomic mass is 9.89. The number of amides is 2. The van der Waals surface area contributed by atoms with E-state index in [1.54, 1.807) is 4.90 Å². The zero-order valence-electron chi connectivity index (χ0n) is 13.2. The molecule has 0 radical (unpaired) electrons. The first kappa shape index (κ1) is 15.3. The van der Waals surface area contributed by atoms with Crippen LogP contribution in [0.25, 0.3) is 0 Å². The summed E-state index contributed by atoms with van der Waals surface area (Å²) in [5, 5.41) is 17.7. The Morgan fingerprint density at radius 2 is 2.32 bits per heavy atom. The van der Waals surface area contributed by atoms with Crippen LogP contribution in [0.5, 0.6) is 0 Å². The molecule has 2 aliphatic rings. The molecule has 2 amide bonds. The summed E-state index contributed by atoms with van der Waals surface area (Å²) in [5.41, 5.74) is -0.986. The maximum absolute atomic E-state index is 12.1. The maximum Gasteiger partial charge on any atom is 0.317 e. The van der Waals surface area contributed by atoms with Gasteiger partial charge < -0.3 is 19.8 Å². The molecule has 7 nitrogen and oxygen atoms in total. The van der Waals surface area contributed by atoms with E-state index in [1.807, 2.05) is 13.8 Å². The molecule has 3 rings (SSSR count). The fourth-order valence-corrected chi connectivity index (χ4v) is 2.78. The second kappa shape index (κ2) is 5.87. The number of nitrogens with zero attached hydrogens (tertiary/aromatic N) is 3. The largest absolute Gasteiger partial charge is 0.387 e. The van der Waals surface area contributed by atoms with Gasteiger partial charge in [-0.05, 0) is 25.7 Å². The molecule has 7 heteroatoms. The number of piperidine rings is 1. The number of hydrogen-bond donors (Lipinski definition) is 2. The summed E-state index contributed by atoms with van der Waals surface area (Å²) in [6.45, 7) is 4.98. The molecule has 1 aliphatic carbocycles. The minimum absolute atomic E-state index is 0.0750. The van der Waals surface area contributed by atoms with Crippen LogP contribution in [0.4, 0.5) is 4.79 Å². The molecule has 0 bridgehead atoms. The lowest BCUT2D eigenvalue weighted by Gasteiger charge is -2.38. The van der Waals surface area contributed by atoms with Crippen LogP contribution in [0.1, 0.15) is 57.2 Å². The van der Waals surface area contributed by atoms with Gasteiger partial charge in [-0.15, -0.1) is 0 Å². The van der Waals surface area contributed by atoms with Gasteiger partial charge in [0.2, 0.25) is 5.89 Å². The lowest BCUT2D eigenvalue weighted by Crippen LogP contribution is -2.54. The molecule has 1 saturated carbocycles. The summed E-state index contributed by atoms with van der Waals surface area (Å²) in [6, 6.07) is 0.251. The van der Waals surface area contributed by atoms with Gasteiger partial charge in [-0.25, -0.2) is 4.79 Å². The summed E-state index contributed by atoms with van der Waals surface area (Å²) < 4.78 is 5.22. The van der Waals surface area contributed by atoms with Crippen LogP contribution in [-0.4, -0.2) is 50.9 Å². The molecule has 1 aliphatic heterocycles. The van der Waals surface area contributed by atoms with Crippen molar-refractivity contribution in [3.05, 3.63) is 11.7 Å². The topological polar surface area (TPSA) is 91.5 Å². The van der Waals surface area contributed by atoms with Crippen LogP contribution in [0.15, 0.2) is 4.52 Å². The molecule has 2 fully saturated rings. The van der Waals surface area contributed by atoms with E-state index in [4.69, 9.17) is 4.52 Å². The number of likely N-dealkylation sites (tertiary alicyclic amines) is 1. The first-order chi connectivity index (χ1) is 10.5. The third-order valence-electron chi connectivity index (χ3n) is 4.23. The van der Waals surface area contributed by atoms with Gasteiger partial charge in [-0.1, -0.05) is 19.0 Å². The Labute approximate surface area is 130 Å². The fourth-order valence-electron chi connectivity index (χ4n) is 2.78. The number of carbonyl (C=O) groups excluding carboxylic acids is 1. The molecule has 0 aromatic carbocycles. The summed E-state index contributed by atoms with van der Waals surface area (Å²) in [7, 11) is 0. The normalized spacial score (nSPS) is 25.5. The molecule has 2 heterocycles. The van der Waals surface area contributed by atoms with Gasteiger partial charge in [-0.2, -0.15) is 4.98 Å². The second-order valence-electron chi connectivity index (χ2n) is 6.85. The van der Waals surface area contributed by atoms with Crippen LogP contribution in [0, 0.1) is 0 Å². The van der Waals surface area contributed by atoms with E-state index >= 15 is 0 Å². The Kier molecular flexibility index (Phi) is 4.08. The monoisotopic (exact) mass is 308 g/mol. The highest BCUT2D eigenvalue weighted by Gasteiger charge is 2.38. The zero-order chi connectivity index (χ0) is 15.7. The van der Waals surface area contributed by atoms with Gasteiger partial charge in [0.1, 0.15) is 0 Å². The minimum Gasteiger partial charge on any atom is -0.387 e.